The molecule has 0 N–H and O–H groups in total. The van der Waals surface area contributed by atoms with E-state index in [4.69, 9.17) is 4.74 Å². The Labute approximate surface area is 130 Å². The summed E-state index contributed by atoms with van der Waals surface area (Å²) in [6.07, 6.45) is 8.70. The molecular formula is C17H22FN3O. The van der Waals surface area contributed by atoms with Gasteiger partial charge in [-0.2, -0.15) is 19.6 Å². The zero-order chi connectivity index (χ0) is 15.6. The van der Waals surface area contributed by atoms with Crippen LogP contribution in [0.3, 0.4) is 0 Å². The van der Waals surface area contributed by atoms with Crippen molar-refractivity contribution in [3.63, 3.8) is 0 Å². The highest BCUT2D eigenvalue weighted by Gasteiger charge is 2.09. The molecule has 0 unspecified atom stereocenters. The van der Waals surface area contributed by atoms with Crippen LogP contribution in [-0.2, 0) is 0 Å². The van der Waals surface area contributed by atoms with Crippen LogP contribution in [-0.4, -0.2) is 21.8 Å². The standard InChI is InChI=1S/C17H22FN3O/c1-2-3-4-5-6-7-13-22-16-11-10-14(17(18)20-16)15-9-8-12-19-21-15/h8-12H,2-7,13H2,1H3. The molecule has 0 aliphatic rings. The van der Waals surface area contributed by atoms with E-state index in [1.165, 1.54) is 25.7 Å². The Balaban J connectivity index is 1.80. The summed E-state index contributed by atoms with van der Waals surface area (Å²) in [6.45, 7) is 2.77. The summed E-state index contributed by atoms with van der Waals surface area (Å²) in [5.41, 5.74) is 0.801. The summed E-state index contributed by atoms with van der Waals surface area (Å²) in [6, 6.07) is 6.71. The number of rotatable bonds is 9. The predicted octanol–water partition coefficient (Wildman–Crippen LogP) is 4.42. The van der Waals surface area contributed by atoms with Crippen LogP contribution in [0.2, 0.25) is 0 Å². The molecular weight excluding hydrogens is 281 g/mol. The summed E-state index contributed by atoms with van der Waals surface area (Å²) in [5, 5.41) is 7.62. The van der Waals surface area contributed by atoms with Gasteiger partial charge in [0.1, 0.15) is 0 Å². The Morgan fingerprint density at radius 2 is 1.86 bits per heavy atom. The largest absolute Gasteiger partial charge is 0.478 e. The van der Waals surface area contributed by atoms with E-state index in [0.29, 0.717) is 23.7 Å². The fourth-order valence-electron chi connectivity index (χ4n) is 2.19. The van der Waals surface area contributed by atoms with Crippen molar-refractivity contribution in [3.8, 4) is 17.1 Å². The quantitative estimate of drug-likeness (QED) is 0.508. The van der Waals surface area contributed by atoms with Gasteiger partial charge in [0.25, 0.3) is 0 Å². The van der Waals surface area contributed by atoms with Gasteiger partial charge in [-0.1, -0.05) is 39.0 Å². The van der Waals surface area contributed by atoms with Gasteiger partial charge in [0.2, 0.25) is 11.8 Å². The first kappa shape index (κ1) is 16.3. The molecule has 0 bridgehead atoms. The zero-order valence-corrected chi connectivity index (χ0v) is 13.0. The third-order valence-electron chi connectivity index (χ3n) is 3.42. The lowest BCUT2D eigenvalue weighted by Gasteiger charge is -2.07. The lowest BCUT2D eigenvalue weighted by molar-refractivity contribution is 0.289. The number of halogens is 1. The molecule has 0 aliphatic heterocycles. The van der Waals surface area contributed by atoms with Crippen molar-refractivity contribution in [2.75, 3.05) is 6.61 Å². The van der Waals surface area contributed by atoms with Crippen LogP contribution in [0.25, 0.3) is 11.3 Å². The number of ether oxygens (including phenoxy) is 1. The molecule has 4 nitrogen and oxygen atoms in total. The molecule has 0 saturated carbocycles. The molecule has 2 aromatic rings. The van der Waals surface area contributed by atoms with Crippen LogP contribution in [0.5, 0.6) is 5.88 Å². The van der Waals surface area contributed by atoms with Gasteiger partial charge in [-0.25, -0.2) is 0 Å². The molecule has 22 heavy (non-hydrogen) atoms. The summed E-state index contributed by atoms with van der Waals surface area (Å²) >= 11 is 0. The van der Waals surface area contributed by atoms with Crippen LogP contribution in [0.15, 0.2) is 30.5 Å². The van der Waals surface area contributed by atoms with Gasteiger partial charge < -0.3 is 4.74 Å². The lowest BCUT2D eigenvalue weighted by atomic mass is 10.1. The van der Waals surface area contributed by atoms with Crippen LogP contribution in [0.4, 0.5) is 4.39 Å². The second-order valence-corrected chi connectivity index (χ2v) is 5.21. The number of hydrogen-bond donors (Lipinski definition) is 0. The monoisotopic (exact) mass is 303 g/mol. The Kier molecular flexibility index (Phi) is 6.74. The fourth-order valence-corrected chi connectivity index (χ4v) is 2.19. The van der Waals surface area contributed by atoms with Gasteiger partial charge in [0.15, 0.2) is 0 Å². The maximum atomic E-state index is 14.0. The van der Waals surface area contributed by atoms with E-state index in [1.807, 2.05) is 0 Å². The van der Waals surface area contributed by atoms with Crippen molar-refractivity contribution in [3.05, 3.63) is 36.4 Å². The van der Waals surface area contributed by atoms with E-state index < -0.39 is 5.95 Å². The van der Waals surface area contributed by atoms with Crippen molar-refractivity contribution in [2.24, 2.45) is 0 Å². The van der Waals surface area contributed by atoms with E-state index in [1.54, 1.807) is 30.5 Å². The normalized spacial score (nSPS) is 10.6. The van der Waals surface area contributed by atoms with E-state index in [9.17, 15) is 4.39 Å². The SMILES string of the molecule is CCCCCCCCOc1ccc(-c2cccnn2)c(F)n1. The zero-order valence-electron chi connectivity index (χ0n) is 13.0. The first-order chi connectivity index (χ1) is 10.8. The minimum Gasteiger partial charge on any atom is -0.478 e. The van der Waals surface area contributed by atoms with E-state index in [2.05, 4.69) is 22.1 Å². The second kappa shape index (κ2) is 9.07. The van der Waals surface area contributed by atoms with Crippen molar-refractivity contribution in [1.29, 1.82) is 0 Å². The van der Waals surface area contributed by atoms with Crippen molar-refractivity contribution < 1.29 is 9.13 Å². The molecule has 118 valence electrons. The average molecular weight is 303 g/mol. The molecule has 2 aromatic heterocycles. The van der Waals surface area contributed by atoms with Gasteiger partial charge in [-0.15, -0.1) is 0 Å². The van der Waals surface area contributed by atoms with Gasteiger partial charge in [-0.3, -0.25) is 0 Å². The van der Waals surface area contributed by atoms with Crippen molar-refractivity contribution in [1.82, 2.24) is 15.2 Å². The third kappa shape index (κ3) is 5.06. The molecule has 2 rings (SSSR count). The number of aromatic nitrogens is 3. The highest BCUT2D eigenvalue weighted by Crippen LogP contribution is 2.21. The molecule has 0 aliphatic carbocycles. The fraction of sp³-hybridized carbons (Fsp3) is 0.471. The summed E-state index contributed by atoms with van der Waals surface area (Å²) in [4.78, 5) is 3.84. The first-order valence-electron chi connectivity index (χ1n) is 7.88. The molecule has 0 aromatic carbocycles. The van der Waals surface area contributed by atoms with Gasteiger partial charge in [0.05, 0.1) is 17.9 Å². The molecule has 0 radical (unpaired) electrons. The molecule has 0 amide bonds. The molecule has 2 heterocycles. The lowest BCUT2D eigenvalue weighted by Crippen LogP contribution is -2.01. The van der Waals surface area contributed by atoms with Crippen molar-refractivity contribution >= 4 is 0 Å². The number of hydrogen-bond acceptors (Lipinski definition) is 4. The Morgan fingerprint density at radius 1 is 1.05 bits per heavy atom. The Morgan fingerprint density at radius 3 is 2.59 bits per heavy atom. The van der Waals surface area contributed by atoms with Gasteiger partial charge in [-0.05, 0) is 24.6 Å². The van der Waals surface area contributed by atoms with Crippen LogP contribution in [0.1, 0.15) is 45.4 Å². The highest BCUT2D eigenvalue weighted by molar-refractivity contribution is 5.58. The van der Waals surface area contributed by atoms with Gasteiger partial charge in [0, 0.05) is 12.3 Å². The molecule has 0 fully saturated rings. The van der Waals surface area contributed by atoms with E-state index in [0.717, 1.165) is 12.8 Å². The van der Waals surface area contributed by atoms with E-state index >= 15 is 0 Å². The molecule has 5 heteroatoms. The molecule has 0 spiro atoms. The molecule has 0 atom stereocenters. The smallest absolute Gasteiger partial charge is 0.225 e. The topological polar surface area (TPSA) is 47.9 Å². The van der Waals surface area contributed by atoms with Crippen LogP contribution >= 0.6 is 0 Å². The Hall–Kier alpha value is -2.04. The Bertz CT molecular complexity index is 563. The number of unbranched alkanes of at least 4 members (excludes halogenated alkanes) is 5. The second-order valence-electron chi connectivity index (χ2n) is 5.21. The van der Waals surface area contributed by atoms with E-state index in [-0.39, 0.29) is 0 Å². The summed E-state index contributed by atoms with van der Waals surface area (Å²) in [5.74, 6) is -0.264. The van der Waals surface area contributed by atoms with Crippen molar-refractivity contribution in [2.45, 2.75) is 45.4 Å². The van der Waals surface area contributed by atoms with Gasteiger partial charge >= 0.3 is 0 Å². The first-order valence-corrected chi connectivity index (χ1v) is 7.88. The minimum atomic E-state index is -0.582. The van der Waals surface area contributed by atoms with Crippen LogP contribution < -0.4 is 4.74 Å². The summed E-state index contributed by atoms with van der Waals surface area (Å²) < 4.78 is 19.5. The predicted molar refractivity (Wildman–Crippen MR) is 84.1 cm³/mol. The number of nitrogens with zero attached hydrogens (tertiary/aromatic N) is 3. The highest BCUT2D eigenvalue weighted by atomic mass is 19.1. The minimum absolute atomic E-state index is 0.318. The van der Waals surface area contributed by atoms with Crippen LogP contribution in [0, 0.1) is 5.95 Å². The maximum absolute atomic E-state index is 14.0. The molecule has 0 saturated heterocycles. The average Bonchev–Trinajstić information content (AvgIpc) is 2.55. The maximum Gasteiger partial charge on any atom is 0.225 e. The third-order valence-corrected chi connectivity index (χ3v) is 3.42. The number of pyridine rings is 1. The summed E-state index contributed by atoms with van der Waals surface area (Å²) in [7, 11) is 0.